The number of carbonyl (C=O) groups excluding carboxylic acids is 1. The average Bonchev–Trinajstić information content (AvgIpc) is 3.69. The van der Waals surface area contributed by atoms with Crippen LogP contribution in [0.25, 0.3) is 10.9 Å². The number of aromatic nitrogens is 2. The third kappa shape index (κ3) is 5.27. The number of piperidine rings is 1. The van der Waals surface area contributed by atoms with Gasteiger partial charge in [0.2, 0.25) is 5.91 Å². The van der Waals surface area contributed by atoms with Crippen LogP contribution in [0.15, 0.2) is 53.6 Å². The zero-order chi connectivity index (χ0) is 25.1. The van der Waals surface area contributed by atoms with Gasteiger partial charge in [0.05, 0.1) is 5.92 Å². The molecule has 1 N–H and O–H groups in total. The molecule has 2 fully saturated rings. The summed E-state index contributed by atoms with van der Waals surface area (Å²) in [5.41, 5.74) is 3.38. The van der Waals surface area contributed by atoms with Gasteiger partial charge in [-0.15, -0.1) is 0 Å². The molecule has 1 aromatic carbocycles. The summed E-state index contributed by atoms with van der Waals surface area (Å²) in [7, 11) is 1.76. The zero-order valence-corrected chi connectivity index (χ0v) is 21.5. The Morgan fingerprint density at radius 3 is 2.81 bits per heavy atom. The van der Waals surface area contributed by atoms with Crippen LogP contribution < -0.4 is 10.9 Å². The molecular weight excluding hydrogens is 452 g/mol. The Hall–Kier alpha value is -2.90. The van der Waals surface area contributed by atoms with E-state index in [9.17, 15) is 9.59 Å². The van der Waals surface area contributed by atoms with E-state index in [0.717, 1.165) is 57.6 Å². The van der Waals surface area contributed by atoms with Crippen molar-refractivity contribution < 1.29 is 9.53 Å². The van der Waals surface area contributed by atoms with Crippen LogP contribution >= 0.6 is 0 Å². The van der Waals surface area contributed by atoms with Gasteiger partial charge in [0, 0.05) is 75.3 Å². The second kappa shape index (κ2) is 11.0. The molecule has 7 nitrogen and oxygen atoms in total. The monoisotopic (exact) mass is 490 g/mol. The normalized spacial score (nSPS) is 20.1. The maximum Gasteiger partial charge on any atom is 0.250 e. The van der Waals surface area contributed by atoms with Crippen LogP contribution in [0.3, 0.4) is 0 Å². The predicted molar refractivity (Wildman–Crippen MR) is 142 cm³/mol. The van der Waals surface area contributed by atoms with Gasteiger partial charge in [0.25, 0.3) is 5.56 Å². The van der Waals surface area contributed by atoms with Crippen molar-refractivity contribution in [2.24, 2.45) is 13.0 Å². The molecule has 2 aliphatic rings. The maximum absolute atomic E-state index is 14.1. The van der Waals surface area contributed by atoms with Gasteiger partial charge in [0.15, 0.2) is 0 Å². The number of carbonyl (C=O) groups is 1. The van der Waals surface area contributed by atoms with E-state index in [-0.39, 0.29) is 23.3 Å². The lowest BCUT2D eigenvalue weighted by atomic mass is 9.80. The number of hydrogen-bond donors (Lipinski definition) is 1. The predicted octanol–water partition coefficient (Wildman–Crippen LogP) is 3.65. The third-order valence-electron chi connectivity index (χ3n) is 7.73. The molecule has 0 spiro atoms. The van der Waals surface area contributed by atoms with Crippen LogP contribution in [0.2, 0.25) is 0 Å². The van der Waals surface area contributed by atoms with Crippen molar-refractivity contribution in [2.45, 2.75) is 57.7 Å². The fourth-order valence-electron chi connectivity index (χ4n) is 5.60. The van der Waals surface area contributed by atoms with Crippen molar-refractivity contribution in [3.63, 3.8) is 0 Å². The number of nitrogens with zero attached hydrogens (tertiary/aromatic N) is 3. The Morgan fingerprint density at radius 2 is 2.03 bits per heavy atom. The topological polar surface area (TPSA) is 68.5 Å². The van der Waals surface area contributed by atoms with E-state index in [1.807, 2.05) is 19.2 Å². The van der Waals surface area contributed by atoms with Gasteiger partial charge in [-0.1, -0.05) is 18.2 Å². The lowest BCUT2D eigenvalue weighted by Crippen LogP contribution is -2.47. The number of aryl methyl sites for hydroxylation is 2. The van der Waals surface area contributed by atoms with E-state index in [1.54, 1.807) is 17.7 Å². The summed E-state index contributed by atoms with van der Waals surface area (Å²) in [4.78, 5) is 28.5. The van der Waals surface area contributed by atoms with Crippen LogP contribution in [0.1, 0.15) is 49.7 Å². The first-order valence-electron chi connectivity index (χ1n) is 13.4. The minimum atomic E-state index is -0.161. The summed E-state index contributed by atoms with van der Waals surface area (Å²) >= 11 is 0. The molecule has 1 saturated carbocycles. The van der Waals surface area contributed by atoms with Gasteiger partial charge in [-0.2, -0.15) is 0 Å². The quantitative estimate of drug-likeness (QED) is 0.441. The minimum absolute atomic E-state index is 0.0200. The van der Waals surface area contributed by atoms with Crippen molar-refractivity contribution in [3.8, 4) is 0 Å². The van der Waals surface area contributed by atoms with Crippen molar-refractivity contribution in [1.29, 1.82) is 0 Å². The Morgan fingerprint density at radius 1 is 1.19 bits per heavy atom. The van der Waals surface area contributed by atoms with E-state index < -0.39 is 0 Å². The molecule has 2 aromatic heterocycles. The number of fused-ring (bicyclic) bond motifs is 1. The highest BCUT2D eigenvalue weighted by Gasteiger charge is 2.40. The van der Waals surface area contributed by atoms with E-state index in [2.05, 4.69) is 45.2 Å². The molecule has 1 amide bonds. The number of nitrogens with one attached hydrogen (secondary N) is 1. The molecule has 36 heavy (non-hydrogen) atoms. The molecule has 3 aromatic rings. The van der Waals surface area contributed by atoms with Crippen LogP contribution in [0.4, 0.5) is 0 Å². The number of para-hydroxylation sites is 1. The first-order chi connectivity index (χ1) is 17.6. The first kappa shape index (κ1) is 24.8. The van der Waals surface area contributed by atoms with Crippen LogP contribution in [-0.4, -0.2) is 52.3 Å². The summed E-state index contributed by atoms with van der Waals surface area (Å²) in [6.07, 6.45) is 8.01. The fourth-order valence-corrected chi connectivity index (χ4v) is 5.60. The summed E-state index contributed by atoms with van der Waals surface area (Å²) in [5.74, 6) is 0.114. The van der Waals surface area contributed by atoms with E-state index >= 15 is 0 Å². The number of benzene rings is 1. The largest absolute Gasteiger partial charge is 0.382 e. The van der Waals surface area contributed by atoms with Crippen molar-refractivity contribution in [2.75, 3.05) is 26.3 Å². The Labute approximate surface area is 213 Å². The SMILES string of the molecule is CCOCCCn1cc(CN(C(=O)[C@@H]2CNCC[C@H]2c2ccn(C)c(=O)c2)C2CC2)c2ccccc21. The molecule has 0 bridgehead atoms. The number of rotatable bonds is 10. The summed E-state index contributed by atoms with van der Waals surface area (Å²) in [6.45, 7) is 6.56. The Bertz CT molecular complexity index is 1260. The molecule has 192 valence electrons. The van der Waals surface area contributed by atoms with Crippen molar-refractivity contribution in [1.82, 2.24) is 19.4 Å². The zero-order valence-electron chi connectivity index (χ0n) is 21.5. The van der Waals surface area contributed by atoms with E-state index in [4.69, 9.17) is 4.74 Å². The van der Waals surface area contributed by atoms with Crippen LogP contribution in [0.5, 0.6) is 0 Å². The minimum Gasteiger partial charge on any atom is -0.382 e. The van der Waals surface area contributed by atoms with Gasteiger partial charge in [0.1, 0.15) is 0 Å². The van der Waals surface area contributed by atoms with Crippen molar-refractivity contribution >= 4 is 16.8 Å². The van der Waals surface area contributed by atoms with Gasteiger partial charge in [-0.05, 0) is 68.3 Å². The number of ether oxygens (including phenoxy) is 1. The summed E-state index contributed by atoms with van der Waals surface area (Å²) in [5, 5.41) is 4.66. The molecule has 7 heteroatoms. The van der Waals surface area contributed by atoms with E-state index in [0.29, 0.717) is 19.1 Å². The lowest BCUT2D eigenvalue weighted by Gasteiger charge is -2.35. The molecular formula is C29H38N4O3. The molecule has 0 unspecified atom stereocenters. The lowest BCUT2D eigenvalue weighted by molar-refractivity contribution is -0.138. The molecule has 3 heterocycles. The highest BCUT2D eigenvalue weighted by molar-refractivity contribution is 5.85. The van der Waals surface area contributed by atoms with Gasteiger partial charge < -0.3 is 24.1 Å². The first-order valence-corrected chi connectivity index (χ1v) is 13.4. The van der Waals surface area contributed by atoms with Crippen LogP contribution in [-0.2, 0) is 29.7 Å². The highest BCUT2D eigenvalue weighted by Crippen LogP contribution is 2.36. The standard InChI is InChI=1S/C29H38N4O3/c1-3-36-16-6-14-32-19-22(25-7-4-5-8-27(25)32)20-33(23-9-10-23)29(35)26-18-30-13-11-24(26)21-12-15-31(2)28(34)17-21/h4-5,7-8,12,15,17,19,23-24,26,30H,3,6,9-11,13-14,16,18,20H2,1-2H3/t24-,26+/m0/s1. The third-order valence-corrected chi connectivity index (χ3v) is 7.73. The highest BCUT2D eigenvalue weighted by atomic mass is 16.5. The molecule has 5 rings (SSSR count). The summed E-state index contributed by atoms with van der Waals surface area (Å²) < 4.78 is 9.44. The fraction of sp³-hybridized carbons (Fsp3) is 0.517. The number of pyridine rings is 1. The van der Waals surface area contributed by atoms with Crippen LogP contribution in [0, 0.1) is 5.92 Å². The van der Waals surface area contributed by atoms with Crippen molar-refractivity contribution in [3.05, 3.63) is 70.3 Å². The molecule has 1 aliphatic carbocycles. The van der Waals surface area contributed by atoms with E-state index in [1.165, 1.54) is 16.5 Å². The van der Waals surface area contributed by atoms with Gasteiger partial charge >= 0.3 is 0 Å². The number of amides is 1. The second-order valence-corrected chi connectivity index (χ2v) is 10.2. The Balaban J connectivity index is 1.39. The molecule has 0 radical (unpaired) electrons. The summed E-state index contributed by atoms with van der Waals surface area (Å²) in [6, 6.07) is 12.5. The molecule has 1 saturated heterocycles. The smallest absolute Gasteiger partial charge is 0.250 e. The van der Waals surface area contributed by atoms with Gasteiger partial charge in [-0.3, -0.25) is 9.59 Å². The average molecular weight is 491 g/mol. The molecule has 2 atom stereocenters. The maximum atomic E-state index is 14.1. The van der Waals surface area contributed by atoms with Gasteiger partial charge in [-0.25, -0.2) is 0 Å². The second-order valence-electron chi connectivity index (χ2n) is 10.2. The Kier molecular flexibility index (Phi) is 7.58. The number of hydrogen-bond acceptors (Lipinski definition) is 4. The molecule has 1 aliphatic heterocycles.